The van der Waals surface area contributed by atoms with Gasteiger partial charge in [-0.05, 0) is 72.3 Å². The van der Waals surface area contributed by atoms with Crippen molar-refractivity contribution in [2.45, 2.75) is 19.8 Å². The summed E-state index contributed by atoms with van der Waals surface area (Å²) in [5, 5.41) is 2.82. The Hall–Kier alpha value is -1.61. The van der Waals surface area contributed by atoms with Gasteiger partial charge in [0.05, 0.1) is 11.9 Å². The molecule has 0 aromatic heterocycles. The first-order valence-electron chi connectivity index (χ1n) is 7.85. The maximum Gasteiger partial charge on any atom is 0.232 e. The van der Waals surface area contributed by atoms with Crippen molar-refractivity contribution < 1.29 is 13.2 Å². The SMILES string of the molecule is Cc1ccc(N(CCCC(=O)Nc2ccc(I)cc2)S(C)(=O)=O)cc1. The summed E-state index contributed by atoms with van der Waals surface area (Å²) in [4.78, 5) is 12.0. The Kier molecular flexibility index (Phi) is 6.83. The predicted octanol–water partition coefficient (Wildman–Crippen LogP) is 3.78. The van der Waals surface area contributed by atoms with Gasteiger partial charge in [-0.25, -0.2) is 8.42 Å². The molecule has 0 unspecified atom stereocenters. The number of anilines is 2. The van der Waals surface area contributed by atoms with Crippen LogP contribution < -0.4 is 9.62 Å². The summed E-state index contributed by atoms with van der Waals surface area (Å²) in [5.41, 5.74) is 2.42. The van der Waals surface area contributed by atoms with Crippen LogP contribution in [0.4, 0.5) is 11.4 Å². The Morgan fingerprint density at radius 2 is 1.68 bits per heavy atom. The van der Waals surface area contributed by atoms with Gasteiger partial charge in [-0.15, -0.1) is 0 Å². The monoisotopic (exact) mass is 472 g/mol. The van der Waals surface area contributed by atoms with Gasteiger partial charge in [0.15, 0.2) is 0 Å². The van der Waals surface area contributed by atoms with Gasteiger partial charge in [0.25, 0.3) is 0 Å². The normalized spacial score (nSPS) is 11.2. The average Bonchev–Trinajstić information content (AvgIpc) is 2.54. The van der Waals surface area contributed by atoms with Gasteiger partial charge in [-0.2, -0.15) is 0 Å². The van der Waals surface area contributed by atoms with E-state index < -0.39 is 10.0 Å². The number of nitrogens with one attached hydrogen (secondary N) is 1. The maximum absolute atomic E-state index is 12.0. The fourth-order valence-electron chi connectivity index (χ4n) is 2.34. The topological polar surface area (TPSA) is 66.5 Å². The zero-order valence-corrected chi connectivity index (χ0v) is 17.2. The lowest BCUT2D eigenvalue weighted by Gasteiger charge is -2.22. The first kappa shape index (κ1) is 19.7. The molecule has 2 aromatic carbocycles. The summed E-state index contributed by atoms with van der Waals surface area (Å²) < 4.78 is 26.5. The van der Waals surface area contributed by atoms with Gasteiger partial charge in [0.1, 0.15) is 0 Å². The van der Waals surface area contributed by atoms with Crippen LogP contribution in [-0.4, -0.2) is 27.1 Å². The highest BCUT2D eigenvalue weighted by atomic mass is 127. The molecular weight excluding hydrogens is 451 g/mol. The molecule has 1 amide bonds. The number of halogens is 1. The van der Waals surface area contributed by atoms with Crippen LogP contribution in [0.5, 0.6) is 0 Å². The minimum atomic E-state index is -3.39. The van der Waals surface area contributed by atoms with Crippen LogP contribution in [0.1, 0.15) is 18.4 Å². The quantitative estimate of drug-likeness (QED) is 0.624. The Morgan fingerprint density at radius 1 is 1.08 bits per heavy atom. The number of hydrogen-bond donors (Lipinski definition) is 1. The molecule has 0 spiro atoms. The zero-order chi connectivity index (χ0) is 18.4. The Morgan fingerprint density at radius 3 is 2.24 bits per heavy atom. The van der Waals surface area contributed by atoms with E-state index in [1.807, 2.05) is 43.3 Å². The lowest BCUT2D eigenvalue weighted by molar-refractivity contribution is -0.116. The fourth-order valence-corrected chi connectivity index (χ4v) is 3.66. The number of amides is 1. The van der Waals surface area contributed by atoms with Crippen LogP contribution >= 0.6 is 22.6 Å². The molecular formula is C18H21IN2O3S. The highest BCUT2D eigenvalue weighted by molar-refractivity contribution is 14.1. The summed E-state index contributed by atoms with van der Waals surface area (Å²) in [7, 11) is -3.39. The summed E-state index contributed by atoms with van der Waals surface area (Å²) in [5.74, 6) is -0.126. The molecule has 0 heterocycles. The van der Waals surface area contributed by atoms with Gasteiger partial charge < -0.3 is 5.32 Å². The lowest BCUT2D eigenvalue weighted by atomic mass is 10.2. The number of benzene rings is 2. The second-order valence-corrected chi connectivity index (χ2v) is 8.98. The summed E-state index contributed by atoms with van der Waals surface area (Å²) in [6.07, 6.45) is 1.87. The highest BCUT2D eigenvalue weighted by Crippen LogP contribution is 2.19. The van der Waals surface area contributed by atoms with Gasteiger partial charge in [-0.3, -0.25) is 9.10 Å². The van der Waals surface area contributed by atoms with Crippen molar-refractivity contribution in [1.82, 2.24) is 0 Å². The first-order valence-corrected chi connectivity index (χ1v) is 10.8. The molecule has 0 radical (unpaired) electrons. The molecule has 5 nitrogen and oxygen atoms in total. The third kappa shape index (κ3) is 6.32. The Bertz CT molecular complexity index is 818. The number of hydrogen-bond acceptors (Lipinski definition) is 3. The van der Waals surface area contributed by atoms with Crippen molar-refractivity contribution >= 4 is 49.9 Å². The van der Waals surface area contributed by atoms with E-state index in [9.17, 15) is 13.2 Å². The van der Waals surface area contributed by atoms with E-state index in [0.29, 0.717) is 12.1 Å². The molecule has 0 saturated carbocycles. The molecule has 0 fully saturated rings. The summed E-state index contributed by atoms with van der Waals surface area (Å²) in [6.45, 7) is 2.21. The Balaban J connectivity index is 1.93. The van der Waals surface area contributed by atoms with Crippen molar-refractivity contribution in [2.24, 2.45) is 0 Å². The van der Waals surface area contributed by atoms with Crippen LogP contribution in [0.25, 0.3) is 0 Å². The minimum Gasteiger partial charge on any atom is -0.326 e. The van der Waals surface area contributed by atoms with E-state index in [0.717, 1.165) is 14.8 Å². The lowest BCUT2D eigenvalue weighted by Crippen LogP contribution is -2.31. The van der Waals surface area contributed by atoms with Crippen LogP contribution in [0.15, 0.2) is 48.5 Å². The molecule has 25 heavy (non-hydrogen) atoms. The molecule has 0 saturated heterocycles. The van der Waals surface area contributed by atoms with E-state index in [-0.39, 0.29) is 18.9 Å². The molecule has 0 aliphatic heterocycles. The summed E-state index contributed by atoms with van der Waals surface area (Å²) in [6, 6.07) is 14.8. The van der Waals surface area contributed by atoms with E-state index in [2.05, 4.69) is 27.9 Å². The number of nitrogens with zero attached hydrogens (tertiary/aromatic N) is 1. The maximum atomic E-state index is 12.0. The van der Waals surface area contributed by atoms with Crippen molar-refractivity contribution in [2.75, 3.05) is 22.4 Å². The predicted molar refractivity (Wildman–Crippen MR) is 110 cm³/mol. The standard InChI is InChI=1S/C18H21IN2O3S/c1-14-5-11-17(12-6-14)21(25(2,23)24)13-3-4-18(22)20-16-9-7-15(19)8-10-16/h5-12H,3-4,13H2,1-2H3,(H,20,22). The van der Waals surface area contributed by atoms with E-state index >= 15 is 0 Å². The van der Waals surface area contributed by atoms with Crippen molar-refractivity contribution in [3.63, 3.8) is 0 Å². The number of sulfonamides is 1. The van der Waals surface area contributed by atoms with Gasteiger partial charge in [0, 0.05) is 22.2 Å². The third-order valence-corrected chi connectivity index (χ3v) is 5.53. The molecule has 0 atom stereocenters. The van der Waals surface area contributed by atoms with E-state index in [1.165, 1.54) is 10.6 Å². The fraction of sp³-hybridized carbons (Fsp3) is 0.278. The highest BCUT2D eigenvalue weighted by Gasteiger charge is 2.17. The van der Waals surface area contributed by atoms with Crippen LogP contribution in [0.2, 0.25) is 0 Å². The van der Waals surface area contributed by atoms with Crippen molar-refractivity contribution in [3.8, 4) is 0 Å². The van der Waals surface area contributed by atoms with Crippen molar-refractivity contribution in [1.29, 1.82) is 0 Å². The summed E-state index contributed by atoms with van der Waals surface area (Å²) >= 11 is 2.20. The molecule has 0 bridgehead atoms. The van der Waals surface area contributed by atoms with E-state index in [4.69, 9.17) is 0 Å². The average molecular weight is 472 g/mol. The molecule has 134 valence electrons. The van der Waals surface area contributed by atoms with Crippen molar-refractivity contribution in [3.05, 3.63) is 57.7 Å². The third-order valence-electron chi connectivity index (χ3n) is 3.62. The van der Waals surface area contributed by atoms with Gasteiger partial charge >= 0.3 is 0 Å². The molecule has 7 heteroatoms. The first-order chi connectivity index (χ1) is 11.8. The molecule has 0 aliphatic carbocycles. The van der Waals surface area contributed by atoms with Crippen LogP contribution in [0.3, 0.4) is 0 Å². The smallest absolute Gasteiger partial charge is 0.232 e. The van der Waals surface area contributed by atoms with Crippen LogP contribution in [0, 0.1) is 10.5 Å². The number of carbonyl (C=O) groups is 1. The second-order valence-electron chi connectivity index (χ2n) is 5.83. The van der Waals surface area contributed by atoms with E-state index in [1.54, 1.807) is 12.1 Å². The number of aryl methyl sites for hydroxylation is 1. The molecule has 0 aliphatic rings. The molecule has 2 rings (SSSR count). The number of carbonyl (C=O) groups excluding carboxylic acids is 1. The zero-order valence-electron chi connectivity index (χ0n) is 14.2. The number of rotatable bonds is 7. The molecule has 2 aromatic rings. The van der Waals surface area contributed by atoms with Gasteiger partial charge in [-0.1, -0.05) is 17.7 Å². The van der Waals surface area contributed by atoms with Crippen LogP contribution in [-0.2, 0) is 14.8 Å². The van der Waals surface area contributed by atoms with Gasteiger partial charge in [0.2, 0.25) is 15.9 Å². The second kappa shape index (κ2) is 8.66. The minimum absolute atomic E-state index is 0.126. The Labute approximate surface area is 162 Å². The molecule has 1 N–H and O–H groups in total. The largest absolute Gasteiger partial charge is 0.326 e.